The van der Waals surface area contributed by atoms with Gasteiger partial charge in [-0.25, -0.2) is 4.39 Å². The van der Waals surface area contributed by atoms with E-state index in [4.69, 9.17) is 0 Å². The monoisotopic (exact) mass is 316 g/mol. The minimum Gasteiger partial charge on any atom is -0.391 e. The van der Waals surface area contributed by atoms with Crippen LogP contribution in [-0.2, 0) is 11.2 Å². The third-order valence-corrected chi connectivity index (χ3v) is 3.77. The molecule has 2 rings (SSSR count). The summed E-state index contributed by atoms with van der Waals surface area (Å²) in [6.07, 6.45) is -0.0264. The Labute approximate surface area is 130 Å². The number of halogens is 2. The summed E-state index contributed by atoms with van der Waals surface area (Å²) in [5.74, 6) is -0.618. The van der Waals surface area contributed by atoms with Gasteiger partial charge in [-0.2, -0.15) is 0 Å². The third-order valence-electron chi connectivity index (χ3n) is 3.77. The molecule has 1 saturated heterocycles. The van der Waals surface area contributed by atoms with Gasteiger partial charge in [0.15, 0.2) is 0 Å². The molecule has 3 atom stereocenters. The Kier molecular flexibility index (Phi) is 7.08. The van der Waals surface area contributed by atoms with Crippen molar-refractivity contribution < 1.29 is 14.3 Å². The molecule has 1 aromatic carbocycles. The molecule has 0 aromatic heterocycles. The van der Waals surface area contributed by atoms with Crippen LogP contribution in [0.4, 0.5) is 4.39 Å². The van der Waals surface area contributed by atoms with Crippen molar-refractivity contribution in [3.8, 4) is 0 Å². The van der Waals surface area contributed by atoms with Crippen LogP contribution in [-0.4, -0.2) is 36.8 Å². The van der Waals surface area contributed by atoms with Crippen LogP contribution in [0.5, 0.6) is 0 Å². The molecule has 0 bridgehead atoms. The van der Waals surface area contributed by atoms with Crippen molar-refractivity contribution in [3.63, 3.8) is 0 Å². The lowest BCUT2D eigenvalue weighted by molar-refractivity contribution is -0.124. The Hall–Kier alpha value is -1.17. The lowest BCUT2D eigenvalue weighted by atomic mass is 9.99. The predicted molar refractivity (Wildman–Crippen MR) is 81.9 cm³/mol. The highest BCUT2D eigenvalue weighted by Crippen LogP contribution is 2.13. The molecule has 118 valence electrons. The van der Waals surface area contributed by atoms with Crippen LogP contribution in [0.25, 0.3) is 0 Å². The molecule has 1 aromatic rings. The Bertz CT molecular complexity index is 473. The minimum atomic E-state index is -0.405. The summed E-state index contributed by atoms with van der Waals surface area (Å²) >= 11 is 0. The second-order valence-corrected chi connectivity index (χ2v) is 5.43. The van der Waals surface area contributed by atoms with Gasteiger partial charge in [-0.05, 0) is 18.1 Å². The second kappa shape index (κ2) is 8.32. The maximum absolute atomic E-state index is 13.5. The molecular weight excluding hydrogens is 295 g/mol. The average molecular weight is 317 g/mol. The van der Waals surface area contributed by atoms with Gasteiger partial charge in [-0.15, -0.1) is 12.4 Å². The SMILES string of the molecule is CC(Cc1ccccc1F)C(=O)NCC1CNCC1O.Cl. The number of nitrogens with one attached hydrogen (secondary N) is 2. The van der Waals surface area contributed by atoms with E-state index in [1.54, 1.807) is 25.1 Å². The zero-order valence-electron chi connectivity index (χ0n) is 12.0. The number of amides is 1. The van der Waals surface area contributed by atoms with Crippen molar-refractivity contribution in [1.82, 2.24) is 10.6 Å². The van der Waals surface area contributed by atoms with Crippen LogP contribution in [0.3, 0.4) is 0 Å². The fourth-order valence-corrected chi connectivity index (χ4v) is 2.42. The van der Waals surface area contributed by atoms with Gasteiger partial charge in [0.05, 0.1) is 6.10 Å². The van der Waals surface area contributed by atoms with E-state index in [0.717, 1.165) is 0 Å². The van der Waals surface area contributed by atoms with Crippen molar-refractivity contribution in [2.75, 3.05) is 19.6 Å². The summed E-state index contributed by atoms with van der Waals surface area (Å²) in [6, 6.07) is 6.51. The van der Waals surface area contributed by atoms with E-state index < -0.39 is 6.10 Å². The highest BCUT2D eigenvalue weighted by Gasteiger charge is 2.25. The summed E-state index contributed by atoms with van der Waals surface area (Å²) in [5, 5.41) is 15.6. The number of β-amino-alcohol motifs (C(OH)–C–C–N with tert-alkyl or cyclic N) is 1. The molecule has 0 radical (unpaired) electrons. The first-order valence-electron chi connectivity index (χ1n) is 6.98. The second-order valence-electron chi connectivity index (χ2n) is 5.43. The molecule has 1 heterocycles. The van der Waals surface area contributed by atoms with Gasteiger partial charge in [0, 0.05) is 31.5 Å². The van der Waals surface area contributed by atoms with Crippen molar-refractivity contribution in [3.05, 3.63) is 35.6 Å². The molecule has 0 saturated carbocycles. The summed E-state index contributed by atoms with van der Waals surface area (Å²) in [6.45, 7) is 3.52. The highest BCUT2D eigenvalue weighted by molar-refractivity contribution is 5.85. The Morgan fingerprint density at radius 1 is 1.48 bits per heavy atom. The largest absolute Gasteiger partial charge is 0.391 e. The Morgan fingerprint density at radius 3 is 2.81 bits per heavy atom. The van der Waals surface area contributed by atoms with Gasteiger partial charge in [0.25, 0.3) is 0 Å². The fourth-order valence-electron chi connectivity index (χ4n) is 2.42. The summed E-state index contributed by atoms with van der Waals surface area (Å²) in [4.78, 5) is 12.0. The molecule has 21 heavy (non-hydrogen) atoms. The van der Waals surface area contributed by atoms with Crippen LogP contribution < -0.4 is 10.6 Å². The molecule has 1 aliphatic rings. The number of hydrogen-bond donors (Lipinski definition) is 3. The topological polar surface area (TPSA) is 61.4 Å². The zero-order chi connectivity index (χ0) is 14.5. The third kappa shape index (κ3) is 4.95. The van der Waals surface area contributed by atoms with Gasteiger partial charge < -0.3 is 15.7 Å². The van der Waals surface area contributed by atoms with Crippen LogP contribution in [0.15, 0.2) is 24.3 Å². The molecule has 3 unspecified atom stereocenters. The number of carbonyl (C=O) groups excluding carboxylic acids is 1. The maximum atomic E-state index is 13.5. The minimum absolute atomic E-state index is 0. The predicted octanol–water partition coefficient (Wildman–Crippen LogP) is 1.12. The molecule has 1 aliphatic heterocycles. The summed E-state index contributed by atoms with van der Waals surface area (Å²) < 4.78 is 13.5. The highest BCUT2D eigenvalue weighted by atomic mass is 35.5. The van der Waals surface area contributed by atoms with Crippen molar-refractivity contribution in [2.24, 2.45) is 11.8 Å². The number of aliphatic hydroxyl groups is 1. The molecular formula is C15H22ClFN2O2. The van der Waals surface area contributed by atoms with Crippen molar-refractivity contribution in [2.45, 2.75) is 19.4 Å². The molecule has 1 fully saturated rings. The quantitative estimate of drug-likeness (QED) is 0.763. The molecule has 6 heteroatoms. The van der Waals surface area contributed by atoms with Crippen LogP contribution in [0, 0.1) is 17.7 Å². The molecule has 0 aliphatic carbocycles. The van der Waals surface area contributed by atoms with Crippen molar-refractivity contribution in [1.29, 1.82) is 0 Å². The Balaban J connectivity index is 0.00000220. The van der Waals surface area contributed by atoms with Crippen LogP contribution in [0.1, 0.15) is 12.5 Å². The first-order valence-corrected chi connectivity index (χ1v) is 6.98. The first-order chi connectivity index (χ1) is 9.58. The van der Waals surface area contributed by atoms with E-state index in [1.165, 1.54) is 6.07 Å². The zero-order valence-corrected chi connectivity index (χ0v) is 12.8. The Morgan fingerprint density at radius 2 is 2.19 bits per heavy atom. The number of aliphatic hydroxyl groups excluding tert-OH is 1. The number of rotatable bonds is 5. The van der Waals surface area contributed by atoms with E-state index >= 15 is 0 Å². The van der Waals surface area contributed by atoms with Gasteiger partial charge >= 0.3 is 0 Å². The lowest BCUT2D eigenvalue weighted by Crippen LogP contribution is -2.37. The van der Waals surface area contributed by atoms with Gasteiger partial charge in [-0.1, -0.05) is 25.1 Å². The molecule has 1 amide bonds. The summed E-state index contributed by atoms with van der Waals surface area (Å²) in [7, 11) is 0. The van der Waals surface area contributed by atoms with E-state index in [9.17, 15) is 14.3 Å². The number of benzene rings is 1. The molecule has 3 N–H and O–H groups in total. The van der Waals surface area contributed by atoms with Crippen molar-refractivity contribution >= 4 is 18.3 Å². The van der Waals surface area contributed by atoms with Crippen LogP contribution in [0.2, 0.25) is 0 Å². The standard InChI is InChI=1S/C15H21FN2O2.ClH/c1-10(6-11-4-2-3-5-13(11)16)15(20)18-8-12-7-17-9-14(12)19;/h2-5,10,12,14,17,19H,6-9H2,1H3,(H,18,20);1H. The maximum Gasteiger partial charge on any atom is 0.223 e. The van der Waals surface area contributed by atoms with Gasteiger partial charge in [-0.3, -0.25) is 4.79 Å². The van der Waals surface area contributed by atoms with E-state index in [0.29, 0.717) is 31.6 Å². The van der Waals surface area contributed by atoms with Crippen LogP contribution >= 0.6 is 12.4 Å². The van der Waals surface area contributed by atoms with E-state index in [-0.39, 0.29) is 36.0 Å². The number of carbonyl (C=O) groups is 1. The van der Waals surface area contributed by atoms with E-state index in [2.05, 4.69) is 10.6 Å². The normalized spacial score (nSPS) is 22.4. The first kappa shape index (κ1) is 17.9. The summed E-state index contributed by atoms with van der Waals surface area (Å²) in [5.41, 5.74) is 0.553. The number of hydrogen-bond acceptors (Lipinski definition) is 3. The molecule has 0 spiro atoms. The fraction of sp³-hybridized carbons (Fsp3) is 0.533. The van der Waals surface area contributed by atoms with Gasteiger partial charge in [0.1, 0.15) is 5.82 Å². The van der Waals surface area contributed by atoms with E-state index in [1.807, 2.05) is 0 Å². The smallest absolute Gasteiger partial charge is 0.223 e. The average Bonchev–Trinajstić information content (AvgIpc) is 2.84. The van der Waals surface area contributed by atoms with Gasteiger partial charge in [0.2, 0.25) is 5.91 Å². The molecule has 4 nitrogen and oxygen atoms in total. The lowest BCUT2D eigenvalue weighted by Gasteiger charge is -2.17.